The minimum Gasteiger partial charge on any atom is -0.497 e. The molecular formula is C19H16N4O2S. The molecule has 5 rings (SSSR count). The Kier molecular flexibility index (Phi) is 3.43. The van der Waals surface area contributed by atoms with Gasteiger partial charge in [-0.3, -0.25) is 4.79 Å². The number of ether oxygens (including phenoxy) is 1. The number of hydrogen-bond donors (Lipinski definition) is 1. The highest BCUT2D eigenvalue weighted by Gasteiger charge is 2.23. The van der Waals surface area contributed by atoms with Gasteiger partial charge in [0, 0.05) is 28.7 Å². The van der Waals surface area contributed by atoms with Gasteiger partial charge in [0.15, 0.2) is 0 Å². The number of thiophene rings is 1. The Labute approximate surface area is 153 Å². The van der Waals surface area contributed by atoms with E-state index in [4.69, 9.17) is 4.74 Å². The molecule has 1 aromatic carbocycles. The number of anilines is 1. The smallest absolute Gasteiger partial charge is 0.289 e. The predicted molar refractivity (Wildman–Crippen MR) is 104 cm³/mol. The summed E-state index contributed by atoms with van der Waals surface area (Å²) >= 11 is 1.42. The summed E-state index contributed by atoms with van der Waals surface area (Å²) in [5.74, 6) is 0.740. The first-order valence-electron chi connectivity index (χ1n) is 8.45. The molecule has 3 aromatic heterocycles. The van der Waals surface area contributed by atoms with Crippen LogP contribution >= 0.6 is 11.3 Å². The Morgan fingerprint density at radius 2 is 2.04 bits per heavy atom. The average Bonchev–Trinajstić information content (AvgIpc) is 3.40. The molecule has 1 aliphatic rings. The van der Waals surface area contributed by atoms with Crippen molar-refractivity contribution in [1.82, 2.24) is 14.8 Å². The number of aromatic nitrogens is 3. The van der Waals surface area contributed by atoms with E-state index in [1.165, 1.54) is 28.9 Å². The summed E-state index contributed by atoms with van der Waals surface area (Å²) in [6.07, 6.45) is 5.93. The molecular weight excluding hydrogens is 348 g/mol. The van der Waals surface area contributed by atoms with Crippen LogP contribution in [0.1, 0.15) is 12.8 Å². The lowest BCUT2D eigenvalue weighted by Gasteiger charge is -2.07. The van der Waals surface area contributed by atoms with E-state index in [9.17, 15) is 4.79 Å². The predicted octanol–water partition coefficient (Wildman–Crippen LogP) is 3.58. The molecule has 1 N–H and O–H groups in total. The fourth-order valence-corrected chi connectivity index (χ4v) is 4.13. The lowest BCUT2D eigenvalue weighted by Crippen LogP contribution is -2.19. The van der Waals surface area contributed by atoms with Gasteiger partial charge in [0.1, 0.15) is 15.3 Å². The van der Waals surface area contributed by atoms with Crippen molar-refractivity contribution >= 4 is 37.3 Å². The molecule has 1 aliphatic carbocycles. The number of rotatable bonds is 4. The molecule has 0 aliphatic heterocycles. The van der Waals surface area contributed by atoms with E-state index in [0.29, 0.717) is 16.4 Å². The van der Waals surface area contributed by atoms with Crippen molar-refractivity contribution in [2.24, 2.45) is 0 Å². The van der Waals surface area contributed by atoms with Crippen LogP contribution in [0.5, 0.6) is 5.75 Å². The zero-order chi connectivity index (χ0) is 17.7. The lowest BCUT2D eigenvalue weighted by atomic mass is 10.2. The molecule has 0 unspecified atom stereocenters. The molecule has 1 fully saturated rings. The Morgan fingerprint density at radius 3 is 2.77 bits per heavy atom. The molecule has 4 aromatic rings. The minimum absolute atomic E-state index is 0.131. The summed E-state index contributed by atoms with van der Waals surface area (Å²) in [4.78, 5) is 18.3. The first kappa shape index (κ1) is 15.3. The van der Waals surface area contributed by atoms with Gasteiger partial charge in [0.2, 0.25) is 0 Å². The van der Waals surface area contributed by atoms with Crippen molar-refractivity contribution in [2.75, 3.05) is 12.4 Å². The van der Waals surface area contributed by atoms with Gasteiger partial charge in [-0.2, -0.15) is 9.78 Å². The van der Waals surface area contributed by atoms with Crippen molar-refractivity contribution in [2.45, 2.75) is 18.9 Å². The number of fused-ring (bicyclic) bond motifs is 3. The molecule has 0 saturated heterocycles. The number of nitrogens with zero attached hydrogens (tertiary/aromatic N) is 3. The van der Waals surface area contributed by atoms with E-state index in [0.717, 1.165) is 27.0 Å². The van der Waals surface area contributed by atoms with Crippen molar-refractivity contribution < 1.29 is 4.74 Å². The summed E-state index contributed by atoms with van der Waals surface area (Å²) in [6.45, 7) is 0. The molecule has 3 heterocycles. The highest BCUT2D eigenvalue weighted by atomic mass is 32.1. The maximum Gasteiger partial charge on any atom is 0.289 e. The van der Waals surface area contributed by atoms with Crippen LogP contribution in [-0.2, 0) is 0 Å². The number of nitrogens with one attached hydrogen (secondary N) is 1. The van der Waals surface area contributed by atoms with Crippen LogP contribution in [0, 0.1) is 0 Å². The number of benzene rings is 1. The number of hydrogen-bond acceptors (Lipinski definition) is 6. The molecule has 130 valence electrons. The quantitative estimate of drug-likeness (QED) is 0.599. The Morgan fingerprint density at radius 1 is 1.23 bits per heavy atom. The minimum atomic E-state index is -0.131. The first-order chi connectivity index (χ1) is 12.7. The normalized spacial score (nSPS) is 14.0. The zero-order valence-electron chi connectivity index (χ0n) is 14.1. The summed E-state index contributed by atoms with van der Waals surface area (Å²) in [5, 5.41) is 9.79. The van der Waals surface area contributed by atoms with Crippen molar-refractivity contribution in [3.8, 4) is 11.4 Å². The van der Waals surface area contributed by atoms with Gasteiger partial charge >= 0.3 is 0 Å². The Bertz CT molecular complexity index is 1180. The van der Waals surface area contributed by atoms with Crippen LogP contribution in [-0.4, -0.2) is 27.9 Å². The van der Waals surface area contributed by atoms with Crippen molar-refractivity contribution in [3.05, 3.63) is 53.1 Å². The monoisotopic (exact) mass is 364 g/mol. The topological polar surface area (TPSA) is 69.0 Å². The van der Waals surface area contributed by atoms with Gasteiger partial charge in [0.05, 0.1) is 19.0 Å². The van der Waals surface area contributed by atoms with E-state index in [1.807, 2.05) is 30.3 Å². The average molecular weight is 364 g/mol. The van der Waals surface area contributed by atoms with Crippen LogP contribution in [0.2, 0.25) is 0 Å². The molecule has 7 heteroatoms. The molecule has 0 amide bonds. The van der Waals surface area contributed by atoms with E-state index < -0.39 is 0 Å². The maximum absolute atomic E-state index is 13.0. The van der Waals surface area contributed by atoms with E-state index in [-0.39, 0.29) is 5.56 Å². The van der Waals surface area contributed by atoms with Gasteiger partial charge in [0.25, 0.3) is 5.56 Å². The standard InChI is InChI=1S/C19H16N4O2S/c1-25-13-6-4-12(5-7-13)23-19(24)17-14(10-21-23)16-15(22-11-2-3-11)8-9-20-18(16)26-17/h4-11H,2-3H2,1H3,(H,20,22). The third-order valence-electron chi connectivity index (χ3n) is 4.57. The number of pyridine rings is 1. The third kappa shape index (κ3) is 2.43. The van der Waals surface area contributed by atoms with E-state index >= 15 is 0 Å². The van der Waals surface area contributed by atoms with Gasteiger partial charge in [-0.15, -0.1) is 11.3 Å². The largest absolute Gasteiger partial charge is 0.497 e. The van der Waals surface area contributed by atoms with Crippen LogP contribution in [0.25, 0.3) is 26.0 Å². The van der Waals surface area contributed by atoms with Crippen LogP contribution in [0.4, 0.5) is 5.69 Å². The van der Waals surface area contributed by atoms with Crippen LogP contribution < -0.4 is 15.6 Å². The van der Waals surface area contributed by atoms with E-state index in [2.05, 4.69) is 15.4 Å². The molecule has 0 atom stereocenters. The summed E-state index contributed by atoms with van der Waals surface area (Å²) in [5.41, 5.74) is 1.61. The Hall–Kier alpha value is -2.93. The second-order valence-corrected chi connectivity index (χ2v) is 7.36. The lowest BCUT2D eigenvalue weighted by molar-refractivity contribution is 0.414. The fraction of sp³-hybridized carbons (Fsp3) is 0.211. The van der Waals surface area contributed by atoms with Crippen LogP contribution in [0.15, 0.2) is 47.5 Å². The van der Waals surface area contributed by atoms with Gasteiger partial charge in [-0.25, -0.2) is 4.98 Å². The number of methoxy groups -OCH3 is 1. The second-order valence-electron chi connectivity index (χ2n) is 6.36. The second kappa shape index (κ2) is 5.81. The SMILES string of the molecule is COc1ccc(-n2ncc3c(sc4nccc(NC5CC5)c43)c2=O)cc1. The zero-order valence-corrected chi connectivity index (χ0v) is 14.9. The maximum atomic E-state index is 13.0. The van der Waals surface area contributed by atoms with Crippen molar-refractivity contribution in [1.29, 1.82) is 0 Å². The highest BCUT2D eigenvalue weighted by Crippen LogP contribution is 2.37. The Balaban J connectivity index is 1.70. The summed E-state index contributed by atoms with van der Waals surface area (Å²) in [6, 6.07) is 9.79. The van der Waals surface area contributed by atoms with E-state index in [1.54, 1.807) is 19.5 Å². The van der Waals surface area contributed by atoms with Crippen LogP contribution in [0.3, 0.4) is 0 Å². The molecule has 0 bridgehead atoms. The van der Waals surface area contributed by atoms with Gasteiger partial charge in [-0.05, 0) is 43.2 Å². The molecule has 6 nitrogen and oxygen atoms in total. The summed E-state index contributed by atoms with van der Waals surface area (Å²) < 4.78 is 7.27. The molecule has 0 radical (unpaired) electrons. The van der Waals surface area contributed by atoms with Gasteiger partial charge < -0.3 is 10.1 Å². The fourth-order valence-electron chi connectivity index (χ4n) is 3.07. The molecule has 0 spiro atoms. The summed E-state index contributed by atoms with van der Waals surface area (Å²) in [7, 11) is 1.61. The van der Waals surface area contributed by atoms with Crippen molar-refractivity contribution in [3.63, 3.8) is 0 Å². The van der Waals surface area contributed by atoms with Gasteiger partial charge in [-0.1, -0.05) is 0 Å². The molecule has 1 saturated carbocycles. The first-order valence-corrected chi connectivity index (χ1v) is 9.27. The highest BCUT2D eigenvalue weighted by molar-refractivity contribution is 7.25. The molecule has 26 heavy (non-hydrogen) atoms. The third-order valence-corrected chi connectivity index (χ3v) is 5.67.